The molecule has 0 aliphatic heterocycles. The van der Waals surface area contributed by atoms with E-state index in [4.69, 9.17) is 9.84 Å². The predicted octanol–water partition coefficient (Wildman–Crippen LogP) is 2.43. The van der Waals surface area contributed by atoms with Gasteiger partial charge in [-0.2, -0.15) is 0 Å². The molecule has 2 rings (SSSR count). The van der Waals surface area contributed by atoms with Gasteiger partial charge in [-0.05, 0) is 19.9 Å². The SMILES string of the molecule is Cc1cc(Oc2cc(C(=O)O)cc([N+](=O)[O-])c2C)n[nH]1. The molecule has 0 radical (unpaired) electrons. The molecule has 104 valence electrons. The summed E-state index contributed by atoms with van der Waals surface area (Å²) in [5.74, 6) is -0.971. The highest BCUT2D eigenvalue weighted by atomic mass is 16.6. The van der Waals surface area contributed by atoms with E-state index >= 15 is 0 Å². The van der Waals surface area contributed by atoms with Gasteiger partial charge in [-0.15, -0.1) is 5.10 Å². The Labute approximate surface area is 113 Å². The summed E-state index contributed by atoms with van der Waals surface area (Å²) in [6.45, 7) is 3.25. The molecule has 0 aliphatic carbocycles. The Morgan fingerprint density at radius 1 is 1.40 bits per heavy atom. The molecule has 0 atom stereocenters. The lowest BCUT2D eigenvalue weighted by Gasteiger charge is -2.07. The van der Waals surface area contributed by atoms with Crippen LogP contribution in [-0.4, -0.2) is 26.2 Å². The summed E-state index contributed by atoms with van der Waals surface area (Å²) in [4.78, 5) is 21.3. The standard InChI is InChI=1S/C12H11N3O5/c1-6-3-11(14-13-6)20-10-5-8(12(16)17)4-9(7(10)2)15(18)19/h3-5H,1-2H3,(H,13,14)(H,16,17). The summed E-state index contributed by atoms with van der Waals surface area (Å²) in [5.41, 5.74) is 0.457. The van der Waals surface area contributed by atoms with E-state index < -0.39 is 10.9 Å². The molecule has 1 aromatic heterocycles. The van der Waals surface area contributed by atoms with Crippen LogP contribution in [0.15, 0.2) is 18.2 Å². The zero-order valence-electron chi connectivity index (χ0n) is 10.7. The van der Waals surface area contributed by atoms with Crippen molar-refractivity contribution in [2.45, 2.75) is 13.8 Å². The van der Waals surface area contributed by atoms with Crippen molar-refractivity contribution in [1.29, 1.82) is 0 Å². The van der Waals surface area contributed by atoms with Gasteiger partial charge in [-0.3, -0.25) is 15.2 Å². The number of aromatic nitrogens is 2. The van der Waals surface area contributed by atoms with Crippen LogP contribution in [0, 0.1) is 24.0 Å². The molecule has 0 unspecified atom stereocenters. The highest BCUT2D eigenvalue weighted by Gasteiger charge is 2.20. The number of aryl methyl sites for hydroxylation is 1. The van der Waals surface area contributed by atoms with Gasteiger partial charge in [-0.25, -0.2) is 4.79 Å². The van der Waals surface area contributed by atoms with Gasteiger partial charge in [0.25, 0.3) is 5.69 Å². The minimum Gasteiger partial charge on any atom is -0.478 e. The number of rotatable bonds is 4. The Kier molecular flexibility index (Phi) is 3.38. The van der Waals surface area contributed by atoms with Gasteiger partial charge in [0.1, 0.15) is 5.75 Å². The molecule has 8 heteroatoms. The van der Waals surface area contributed by atoms with Crippen molar-refractivity contribution in [3.05, 3.63) is 45.1 Å². The number of nitro benzene ring substituents is 1. The first-order valence-electron chi connectivity index (χ1n) is 5.60. The number of H-pyrrole nitrogens is 1. The molecule has 1 aromatic carbocycles. The lowest BCUT2D eigenvalue weighted by molar-refractivity contribution is -0.385. The van der Waals surface area contributed by atoms with Crippen molar-refractivity contribution >= 4 is 11.7 Å². The van der Waals surface area contributed by atoms with Crippen molar-refractivity contribution < 1.29 is 19.6 Å². The van der Waals surface area contributed by atoms with E-state index in [0.29, 0.717) is 0 Å². The van der Waals surface area contributed by atoms with Crippen LogP contribution in [0.3, 0.4) is 0 Å². The average Bonchev–Trinajstić information content (AvgIpc) is 2.76. The van der Waals surface area contributed by atoms with Crippen LogP contribution in [0.5, 0.6) is 11.6 Å². The number of hydrogen-bond acceptors (Lipinski definition) is 5. The van der Waals surface area contributed by atoms with Crippen LogP contribution in [-0.2, 0) is 0 Å². The van der Waals surface area contributed by atoms with Gasteiger partial charge in [0.15, 0.2) is 0 Å². The number of hydrogen-bond donors (Lipinski definition) is 2. The number of nitrogens with zero attached hydrogens (tertiary/aromatic N) is 2. The van der Waals surface area contributed by atoms with E-state index in [-0.39, 0.29) is 28.4 Å². The van der Waals surface area contributed by atoms with Gasteiger partial charge in [0.2, 0.25) is 5.88 Å². The van der Waals surface area contributed by atoms with E-state index in [1.165, 1.54) is 13.0 Å². The van der Waals surface area contributed by atoms with Crippen LogP contribution in [0.4, 0.5) is 5.69 Å². The Morgan fingerprint density at radius 3 is 2.60 bits per heavy atom. The fourth-order valence-electron chi connectivity index (χ4n) is 1.65. The number of carbonyl (C=O) groups is 1. The van der Waals surface area contributed by atoms with Crippen molar-refractivity contribution in [3.63, 3.8) is 0 Å². The second-order valence-electron chi connectivity index (χ2n) is 4.17. The number of carboxylic acid groups (broad SMARTS) is 1. The number of nitro groups is 1. The zero-order chi connectivity index (χ0) is 14.9. The van der Waals surface area contributed by atoms with Gasteiger partial charge < -0.3 is 9.84 Å². The fourth-order valence-corrected chi connectivity index (χ4v) is 1.65. The highest BCUT2D eigenvalue weighted by Crippen LogP contribution is 2.32. The van der Waals surface area contributed by atoms with E-state index in [0.717, 1.165) is 11.8 Å². The first kappa shape index (κ1) is 13.5. The molecular weight excluding hydrogens is 266 g/mol. The molecule has 0 amide bonds. The Bertz CT molecular complexity index is 692. The van der Waals surface area contributed by atoms with Crippen LogP contribution < -0.4 is 4.74 Å². The van der Waals surface area contributed by atoms with Crippen molar-refractivity contribution in [2.24, 2.45) is 0 Å². The van der Waals surface area contributed by atoms with Gasteiger partial charge in [0.05, 0.1) is 16.1 Å². The van der Waals surface area contributed by atoms with Crippen molar-refractivity contribution in [3.8, 4) is 11.6 Å². The fraction of sp³-hybridized carbons (Fsp3) is 0.167. The molecule has 1 heterocycles. The van der Waals surface area contributed by atoms with Crippen LogP contribution in [0.1, 0.15) is 21.6 Å². The van der Waals surface area contributed by atoms with E-state index in [1.807, 2.05) is 0 Å². The Morgan fingerprint density at radius 2 is 2.10 bits per heavy atom. The number of carboxylic acids is 1. The third-order valence-electron chi connectivity index (χ3n) is 2.67. The van der Waals surface area contributed by atoms with Crippen molar-refractivity contribution in [1.82, 2.24) is 10.2 Å². The molecule has 0 bridgehead atoms. The van der Waals surface area contributed by atoms with Crippen LogP contribution >= 0.6 is 0 Å². The normalized spacial score (nSPS) is 10.3. The third kappa shape index (κ3) is 2.58. The molecule has 0 saturated carbocycles. The second-order valence-corrected chi connectivity index (χ2v) is 4.17. The third-order valence-corrected chi connectivity index (χ3v) is 2.67. The number of nitrogens with one attached hydrogen (secondary N) is 1. The molecule has 2 N–H and O–H groups in total. The van der Waals surface area contributed by atoms with E-state index in [9.17, 15) is 14.9 Å². The van der Waals surface area contributed by atoms with Crippen LogP contribution in [0.2, 0.25) is 0 Å². The maximum absolute atomic E-state index is 11.0. The summed E-state index contributed by atoms with van der Waals surface area (Å²) in [5, 5.41) is 26.4. The smallest absolute Gasteiger partial charge is 0.336 e. The molecule has 2 aromatic rings. The Balaban J connectivity index is 2.50. The largest absolute Gasteiger partial charge is 0.478 e. The summed E-state index contributed by atoms with van der Waals surface area (Å²) in [6, 6.07) is 3.83. The molecule has 8 nitrogen and oxygen atoms in total. The highest BCUT2D eigenvalue weighted by molar-refractivity contribution is 5.89. The minimum absolute atomic E-state index is 0.0862. The minimum atomic E-state index is -1.27. The molecule has 20 heavy (non-hydrogen) atoms. The quantitative estimate of drug-likeness (QED) is 0.654. The van der Waals surface area contributed by atoms with Gasteiger partial charge in [0, 0.05) is 17.8 Å². The summed E-state index contributed by atoms with van der Waals surface area (Å²) in [6.07, 6.45) is 0. The number of aromatic carboxylic acids is 1. The number of ether oxygens (including phenoxy) is 1. The average molecular weight is 277 g/mol. The van der Waals surface area contributed by atoms with Crippen molar-refractivity contribution in [2.75, 3.05) is 0 Å². The maximum Gasteiger partial charge on any atom is 0.336 e. The van der Waals surface area contributed by atoms with E-state index in [1.54, 1.807) is 13.0 Å². The first-order chi connectivity index (χ1) is 9.38. The number of aromatic amines is 1. The second kappa shape index (κ2) is 5.00. The zero-order valence-corrected chi connectivity index (χ0v) is 10.7. The predicted molar refractivity (Wildman–Crippen MR) is 68.2 cm³/mol. The summed E-state index contributed by atoms with van der Waals surface area (Å²) >= 11 is 0. The maximum atomic E-state index is 11.0. The summed E-state index contributed by atoms with van der Waals surface area (Å²) < 4.78 is 5.40. The molecular formula is C12H11N3O5. The topological polar surface area (TPSA) is 118 Å². The first-order valence-corrected chi connectivity index (χ1v) is 5.60. The lowest BCUT2D eigenvalue weighted by Crippen LogP contribution is -2.02. The van der Waals surface area contributed by atoms with Gasteiger partial charge in [-0.1, -0.05) is 0 Å². The van der Waals surface area contributed by atoms with Crippen LogP contribution in [0.25, 0.3) is 0 Å². The molecule has 0 spiro atoms. The molecule has 0 fully saturated rings. The van der Waals surface area contributed by atoms with Gasteiger partial charge >= 0.3 is 5.97 Å². The lowest BCUT2D eigenvalue weighted by atomic mass is 10.1. The van der Waals surface area contributed by atoms with E-state index in [2.05, 4.69) is 10.2 Å². The molecule has 0 aliphatic rings. The summed E-state index contributed by atoms with van der Waals surface area (Å²) in [7, 11) is 0. The monoisotopic (exact) mass is 277 g/mol. The molecule has 0 saturated heterocycles. The Hall–Kier alpha value is -2.90. The number of benzene rings is 1.